The van der Waals surface area contributed by atoms with Gasteiger partial charge in [-0.2, -0.15) is 0 Å². The fourth-order valence-corrected chi connectivity index (χ4v) is 6.82. The van der Waals surface area contributed by atoms with Crippen molar-refractivity contribution in [2.75, 3.05) is 12.4 Å². The molecule has 6 rings (SSSR count). The number of anilines is 1. The Hall–Kier alpha value is -3.36. The first-order chi connectivity index (χ1) is 18.9. The van der Waals surface area contributed by atoms with Crippen molar-refractivity contribution in [2.45, 2.75) is 62.4 Å². The van der Waals surface area contributed by atoms with Crippen LogP contribution in [0.1, 0.15) is 37.7 Å². The molecule has 1 spiro atoms. The summed E-state index contributed by atoms with van der Waals surface area (Å²) < 4.78 is 11.8. The summed E-state index contributed by atoms with van der Waals surface area (Å²) >= 11 is 6.00. The summed E-state index contributed by atoms with van der Waals surface area (Å²) in [7, 11) is 1.59. The Morgan fingerprint density at radius 1 is 1.10 bits per heavy atom. The smallest absolute Gasteiger partial charge is 0.246 e. The molecular weight excluding hydrogens is 518 g/mol. The van der Waals surface area contributed by atoms with E-state index in [1.165, 1.54) is 6.42 Å². The third-order valence-electron chi connectivity index (χ3n) is 8.48. The quantitative estimate of drug-likeness (QED) is 0.507. The van der Waals surface area contributed by atoms with Crippen LogP contribution in [0, 0.1) is 11.8 Å². The average molecular weight is 550 g/mol. The number of halogens is 1. The summed E-state index contributed by atoms with van der Waals surface area (Å²) in [5.41, 5.74) is 0.201. The number of fused-ring (bicyclic) bond motifs is 1. The second-order valence-electron chi connectivity index (χ2n) is 10.9. The van der Waals surface area contributed by atoms with Crippen LogP contribution in [0.4, 0.5) is 5.69 Å². The van der Waals surface area contributed by atoms with Gasteiger partial charge in [0.05, 0.1) is 25.0 Å². The summed E-state index contributed by atoms with van der Waals surface area (Å²) in [6.07, 6.45) is 8.22. The molecular formula is C30H32ClN3O5. The van der Waals surface area contributed by atoms with Crippen molar-refractivity contribution >= 4 is 35.0 Å². The Kier molecular flexibility index (Phi) is 6.85. The highest BCUT2D eigenvalue weighted by atomic mass is 35.5. The SMILES string of the molecule is COc1cccc(CN2C(=O)[C@H]3[C@H](C(=O)Nc4ccc(Cl)cc4)[C@H]4C=C[C@@]3(O4)[C@@H]2C(=O)NC2CCCCC2)c1. The first-order valence-corrected chi connectivity index (χ1v) is 13.9. The fraction of sp³-hybridized carbons (Fsp3) is 0.433. The number of hydrogen-bond donors (Lipinski definition) is 2. The summed E-state index contributed by atoms with van der Waals surface area (Å²) in [6.45, 7) is 0.199. The zero-order valence-electron chi connectivity index (χ0n) is 21.8. The van der Waals surface area contributed by atoms with Gasteiger partial charge in [0.25, 0.3) is 0 Å². The standard InChI is InChI=1S/C30H32ClN3O5/c1-38-22-9-5-6-18(16-22)17-34-26(28(36)33-20-7-3-2-4-8-20)30-15-14-23(39-30)24(25(30)29(34)37)27(35)32-21-12-10-19(31)11-13-21/h5-6,9-16,20,23-26H,2-4,7-8,17H2,1H3,(H,32,35)(H,33,36)/t23-,24-,25-,26+,30+/m1/s1. The second kappa shape index (κ2) is 10.3. The van der Waals surface area contributed by atoms with Gasteiger partial charge < -0.3 is 25.0 Å². The first-order valence-electron chi connectivity index (χ1n) is 13.6. The van der Waals surface area contributed by atoms with Crippen LogP contribution < -0.4 is 15.4 Å². The number of methoxy groups -OCH3 is 1. The lowest BCUT2D eigenvalue weighted by atomic mass is 9.74. The molecule has 5 atom stereocenters. The van der Waals surface area contributed by atoms with E-state index in [-0.39, 0.29) is 30.3 Å². The lowest BCUT2D eigenvalue weighted by molar-refractivity contribution is -0.142. The Bertz CT molecular complexity index is 1310. The zero-order chi connectivity index (χ0) is 27.1. The molecule has 8 nitrogen and oxygen atoms in total. The molecule has 3 aliphatic heterocycles. The highest BCUT2D eigenvalue weighted by Gasteiger charge is 2.72. The topological polar surface area (TPSA) is 97.0 Å². The van der Waals surface area contributed by atoms with Gasteiger partial charge in [-0.1, -0.05) is 55.1 Å². The number of likely N-dealkylation sites (tertiary alicyclic amines) is 1. The summed E-state index contributed by atoms with van der Waals surface area (Å²) in [5, 5.41) is 6.69. The maximum atomic E-state index is 14.2. The van der Waals surface area contributed by atoms with E-state index < -0.39 is 29.6 Å². The van der Waals surface area contributed by atoms with Crippen molar-refractivity contribution in [3.8, 4) is 5.75 Å². The Balaban J connectivity index is 1.32. The molecule has 2 bridgehead atoms. The molecule has 3 heterocycles. The highest BCUT2D eigenvalue weighted by Crippen LogP contribution is 2.55. The molecule has 2 N–H and O–H groups in total. The van der Waals surface area contributed by atoms with Crippen LogP contribution in [-0.2, 0) is 25.7 Å². The monoisotopic (exact) mass is 549 g/mol. The molecule has 2 aromatic carbocycles. The predicted molar refractivity (Wildman–Crippen MR) is 146 cm³/mol. The second-order valence-corrected chi connectivity index (χ2v) is 11.3. The molecule has 2 saturated heterocycles. The molecule has 0 aromatic heterocycles. The molecule has 2 aromatic rings. The maximum Gasteiger partial charge on any atom is 0.246 e. The number of hydrogen-bond acceptors (Lipinski definition) is 5. The summed E-state index contributed by atoms with van der Waals surface area (Å²) in [5.74, 6) is -1.72. The van der Waals surface area contributed by atoms with Gasteiger partial charge in [-0.3, -0.25) is 14.4 Å². The van der Waals surface area contributed by atoms with E-state index in [1.54, 1.807) is 36.3 Å². The minimum Gasteiger partial charge on any atom is -0.497 e. The van der Waals surface area contributed by atoms with Gasteiger partial charge in [0, 0.05) is 23.3 Å². The summed E-state index contributed by atoms with van der Waals surface area (Å²) in [4.78, 5) is 43.3. The summed E-state index contributed by atoms with van der Waals surface area (Å²) in [6, 6.07) is 13.4. The predicted octanol–water partition coefficient (Wildman–Crippen LogP) is 4.09. The number of carbonyl (C=O) groups is 3. The first kappa shape index (κ1) is 25.9. The highest BCUT2D eigenvalue weighted by molar-refractivity contribution is 6.30. The van der Waals surface area contributed by atoms with Gasteiger partial charge in [-0.15, -0.1) is 0 Å². The minimum absolute atomic E-state index is 0.0713. The van der Waals surface area contributed by atoms with Crippen LogP contribution in [0.3, 0.4) is 0 Å². The van der Waals surface area contributed by atoms with Crippen molar-refractivity contribution in [3.05, 3.63) is 71.3 Å². The largest absolute Gasteiger partial charge is 0.497 e. The number of carbonyl (C=O) groups excluding carboxylic acids is 3. The van der Waals surface area contributed by atoms with Crippen molar-refractivity contribution in [3.63, 3.8) is 0 Å². The molecule has 204 valence electrons. The van der Waals surface area contributed by atoms with Crippen molar-refractivity contribution in [1.82, 2.24) is 10.2 Å². The average Bonchev–Trinajstić information content (AvgIpc) is 3.58. The van der Waals surface area contributed by atoms with Crippen LogP contribution in [0.2, 0.25) is 5.02 Å². The van der Waals surface area contributed by atoms with Crippen LogP contribution in [0.5, 0.6) is 5.75 Å². The molecule has 0 unspecified atom stereocenters. The van der Waals surface area contributed by atoms with Gasteiger partial charge in [0.2, 0.25) is 17.7 Å². The van der Waals surface area contributed by atoms with Crippen molar-refractivity contribution in [2.24, 2.45) is 11.8 Å². The Morgan fingerprint density at radius 2 is 1.87 bits per heavy atom. The molecule has 1 saturated carbocycles. The molecule has 4 aliphatic rings. The van der Waals surface area contributed by atoms with Crippen molar-refractivity contribution < 1.29 is 23.9 Å². The molecule has 9 heteroatoms. The van der Waals surface area contributed by atoms with Crippen LogP contribution in [0.15, 0.2) is 60.7 Å². The number of benzene rings is 2. The van der Waals surface area contributed by atoms with Crippen molar-refractivity contribution in [1.29, 1.82) is 0 Å². The van der Waals surface area contributed by atoms with E-state index in [0.29, 0.717) is 16.5 Å². The van der Waals surface area contributed by atoms with E-state index >= 15 is 0 Å². The van der Waals surface area contributed by atoms with Gasteiger partial charge in [-0.25, -0.2) is 0 Å². The number of nitrogens with one attached hydrogen (secondary N) is 2. The number of amides is 3. The lowest BCUT2D eigenvalue weighted by Crippen LogP contribution is -2.56. The van der Waals surface area contributed by atoms with E-state index in [1.807, 2.05) is 36.4 Å². The Labute approximate surface area is 232 Å². The van der Waals surface area contributed by atoms with Crippen LogP contribution in [0.25, 0.3) is 0 Å². The lowest BCUT2D eigenvalue weighted by Gasteiger charge is -2.34. The van der Waals surface area contributed by atoms with Crippen LogP contribution >= 0.6 is 11.6 Å². The van der Waals surface area contributed by atoms with E-state index in [4.69, 9.17) is 21.1 Å². The van der Waals surface area contributed by atoms with Gasteiger partial charge >= 0.3 is 0 Å². The van der Waals surface area contributed by atoms with Gasteiger partial charge in [-0.05, 0) is 54.8 Å². The minimum atomic E-state index is -1.21. The number of nitrogens with zero attached hydrogens (tertiary/aromatic N) is 1. The Morgan fingerprint density at radius 3 is 2.62 bits per heavy atom. The molecule has 1 aliphatic carbocycles. The van der Waals surface area contributed by atoms with Gasteiger partial charge in [0.1, 0.15) is 17.4 Å². The third-order valence-corrected chi connectivity index (χ3v) is 8.73. The third kappa shape index (κ3) is 4.59. The molecule has 0 radical (unpaired) electrons. The van der Waals surface area contributed by atoms with E-state index in [9.17, 15) is 14.4 Å². The van der Waals surface area contributed by atoms with E-state index in [2.05, 4.69) is 10.6 Å². The fourth-order valence-electron chi connectivity index (χ4n) is 6.69. The zero-order valence-corrected chi connectivity index (χ0v) is 22.5. The molecule has 3 amide bonds. The van der Waals surface area contributed by atoms with Gasteiger partial charge in [0.15, 0.2) is 0 Å². The number of ether oxygens (including phenoxy) is 2. The maximum absolute atomic E-state index is 14.2. The van der Waals surface area contributed by atoms with E-state index in [0.717, 1.165) is 31.2 Å². The normalized spacial score (nSPS) is 29.4. The number of rotatable bonds is 7. The molecule has 3 fully saturated rings. The molecule has 39 heavy (non-hydrogen) atoms. The van der Waals surface area contributed by atoms with Crippen LogP contribution in [-0.4, -0.2) is 53.5 Å².